The van der Waals surface area contributed by atoms with Crippen molar-refractivity contribution in [2.75, 3.05) is 17.6 Å². The molecule has 0 saturated carbocycles. The van der Waals surface area contributed by atoms with Crippen molar-refractivity contribution in [1.82, 2.24) is 10.2 Å². The van der Waals surface area contributed by atoms with Crippen LogP contribution in [-0.2, 0) is 11.2 Å². The number of nitrogens with zero attached hydrogens (tertiary/aromatic N) is 1. The summed E-state index contributed by atoms with van der Waals surface area (Å²) in [6.45, 7) is 2.57. The van der Waals surface area contributed by atoms with Crippen molar-refractivity contribution in [3.63, 3.8) is 0 Å². The predicted molar refractivity (Wildman–Crippen MR) is 160 cm³/mol. The van der Waals surface area contributed by atoms with Crippen LogP contribution in [0.3, 0.4) is 0 Å². The molecule has 0 aliphatic carbocycles. The Bertz CT molecular complexity index is 1480. The zero-order valence-corrected chi connectivity index (χ0v) is 23.1. The molecule has 1 saturated heterocycles. The van der Waals surface area contributed by atoms with Gasteiger partial charge in [0.05, 0.1) is 23.0 Å². The highest BCUT2D eigenvalue weighted by Crippen LogP contribution is 2.38. The number of thioether (sulfide) groups is 1. The lowest BCUT2D eigenvalue weighted by molar-refractivity contribution is -0.128. The fourth-order valence-corrected chi connectivity index (χ4v) is 5.97. The van der Waals surface area contributed by atoms with E-state index in [-0.39, 0.29) is 29.1 Å². The Morgan fingerprint density at radius 1 is 0.850 bits per heavy atom. The van der Waals surface area contributed by atoms with Crippen LogP contribution in [0.4, 0.5) is 5.69 Å². The van der Waals surface area contributed by atoms with E-state index in [9.17, 15) is 14.4 Å². The van der Waals surface area contributed by atoms with Gasteiger partial charge in [-0.15, -0.1) is 11.8 Å². The molecule has 1 aliphatic heterocycles. The van der Waals surface area contributed by atoms with Gasteiger partial charge in [-0.2, -0.15) is 0 Å². The minimum atomic E-state index is -0.306. The van der Waals surface area contributed by atoms with Crippen LogP contribution in [-0.4, -0.2) is 34.9 Å². The number of nitrogens with one attached hydrogen (secondary N) is 2. The predicted octanol–water partition coefficient (Wildman–Crippen LogP) is 6.25. The Balaban J connectivity index is 1.24. The summed E-state index contributed by atoms with van der Waals surface area (Å²) in [5, 5.41) is 5.82. The molecule has 7 heteroatoms. The first kappa shape index (κ1) is 27.2. The molecule has 1 fully saturated rings. The normalized spacial score (nSPS) is 15.5. The van der Waals surface area contributed by atoms with E-state index < -0.39 is 0 Å². The van der Waals surface area contributed by atoms with E-state index in [4.69, 9.17) is 0 Å². The van der Waals surface area contributed by atoms with Crippen LogP contribution in [0.1, 0.15) is 55.7 Å². The topological polar surface area (TPSA) is 78.5 Å². The first-order valence-electron chi connectivity index (χ1n) is 13.3. The lowest BCUT2D eigenvalue weighted by Gasteiger charge is -2.24. The molecule has 4 aromatic carbocycles. The van der Waals surface area contributed by atoms with Crippen LogP contribution >= 0.6 is 11.8 Å². The number of carbonyl (C=O) groups is 3. The Labute approximate surface area is 238 Å². The molecule has 2 N–H and O–H groups in total. The third-order valence-electron chi connectivity index (χ3n) is 6.98. The van der Waals surface area contributed by atoms with Crippen molar-refractivity contribution in [3.8, 4) is 0 Å². The van der Waals surface area contributed by atoms with Gasteiger partial charge in [0, 0.05) is 12.1 Å². The molecular formula is C33H31N3O3S. The molecule has 1 heterocycles. The number of para-hydroxylation sites is 1. The number of rotatable bonds is 9. The highest BCUT2D eigenvalue weighted by Gasteiger charge is 2.32. The maximum absolute atomic E-state index is 13.1. The van der Waals surface area contributed by atoms with Gasteiger partial charge in [0.15, 0.2) is 0 Å². The number of anilines is 1. The Kier molecular flexibility index (Phi) is 8.62. The van der Waals surface area contributed by atoms with Crippen LogP contribution in [0.2, 0.25) is 0 Å². The molecule has 0 aromatic heterocycles. The second-order valence-corrected chi connectivity index (χ2v) is 10.8. The van der Waals surface area contributed by atoms with Crippen molar-refractivity contribution in [3.05, 3.63) is 137 Å². The van der Waals surface area contributed by atoms with Crippen LogP contribution in [0, 0.1) is 0 Å². The van der Waals surface area contributed by atoms with Crippen LogP contribution < -0.4 is 10.6 Å². The van der Waals surface area contributed by atoms with Gasteiger partial charge >= 0.3 is 0 Å². The Hall–Kier alpha value is -4.36. The summed E-state index contributed by atoms with van der Waals surface area (Å²) in [5.74, 6) is 0.00741. The summed E-state index contributed by atoms with van der Waals surface area (Å²) in [7, 11) is 0. The fourth-order valence-electron chi connectivity index (χ4n) is 4.75. The van der Waals surface area contributed by atoms with E-state index in [2.05, 4.69) is 22.8 Å². The molecule has 202 valence electrons. The molecule has 4 aromatic rings. The Morgan fingerprint density at radius 3 is 2.23 bits per heavy atom. The van der Waals surface area contributed by atoms with E-state index in [0.29, 0.717) is 29.1 Å². The standard InChI is InChI=1S/C33H31N3O3S/c1-23(25-12-6-3-7-13-25)34-32(39)28-14-8-9-15-29(28)35-31(38)26-16-18-27(19-17-26)33-36(30(37)22-40-33)21-20-24-10-4-2-5-11-24/h2-19,23,33H,20-22H2,1H3,(H,34,39)(H,35,38)/t23-,33+/m0/s1. The summed E-state index contributed by atoms with van der Waals surface area (Å²) in [6.07, 6.45) is 0.793. The molecule has 0 spiro atoms. The minimum absolute atomic E-state index is 0.0793. The molecule has 0 unspecified atom stereocenters. The number of hydrogen-bond donors (Lipinski definition) is 2. The van der Waals surface area contributed by atoms with Gasteiger partial charge in [-0.05, 0) is 54.3 Å². The van der Waals surface area contributed by atoms with Crippen molar-refractivity contribution in [2.24, 2.45) is 0 Å². The number of hydrogen-bond acceptors (Lipinski definition) is 4. The molecule has 2 atom stereocenters. The average molecular weight is 550 g/mol. The first-order valence-corrected chi connectivity index (χ1v) is 14.4. The molecule has 0 bridgehead atoms. The first-order chi connectivity index (χ1) is 19.5. The maximum atomic E-state index is 13.1. The quantitative estimate of drug-likeness (QED) is 0.259. The van der Waals surface area contributed by atoms with Crippen LogP contribution in [0.5, 0.6) is 0 Å². The van der Waals surface area contributed by atoms with Gasteiger partial charge in [0.2, 0.25) is 5.91 Å². The summed E-state index contributed by atoms with van der Waals surface area (Å²) < 4.78 is 0. The zero-order valence-electron chi connectivity index (χ0n) is 22.2. The number of carbonyl (C=O) groups excluding carboxylic acids is 3. The van der Waals surface area contributed by atoms with Crippen molar-refractivity contribution in [1.29, 1.82) is 0 Å². The molecular weight excluding hydrogens is 518 g/mol. The monoisotopic (exact) mass is 549 g/mol. The van der Waals surface area contributed by atoms with Crippen LogP contribution in [0.25, 0.3) is 0 Å². The van der Waals surface area contributed by atoms with Gasteiger partial charge in [-0.25, -0.2) is 0 Å². The highest BCUT2D eigenvalue weighted by molar-refractivity contribution is 8.00. The van der Waals surface area contributed by atoms with Gasteiger partial charge in [0.25, 0.3) is 11.8 Å². The van der Waals surface area contributed by atoms with Gasteiger partial charge in [0.1, 0.15) is 5.37 Å². The minimum Gasteiger partial charge on any atom is -0.345 e. The molecule has 40 heavy (non-hydrogen) atoms. The molecule has 1 aliphatic rings. The molecule has 6 nitrogen and oxygen atoms in total. The van der Waals surface area contributed by atoms with E-state index in [1.807, 2.05) is 72.5 Å². The van der Waals surface area contributed by atoms with Crippen molar-refractivity contribution >= 4 is 35.2 Å². The molecule has 3 amide bonds. The molecule has 0 radical (unpaired) electrons. The van der Waals surface area contributed by atoms with E-state index >= 15 is 0 Å². The number of benzene rings is 4. The second-order valence-electron chi connectivity index (χ2n) is 9.71. The largest absolute Gasteiger partial charge is 0.345 e. The highest BCUT2D eigenvalue weighted by atomic mass is 32.2. The van der Waals surface area contributed by atoms with Gasteiger partial charge in [-0.1, -0.05) is 84.9 Å². The summed E-state index contributed by atoms with van der Waals surface area (Å²) >= 11 is 1.60. The summed E-state index contributed by atoms with van der Waals surface area (Å²) in [6, 6.07) is 34.0. The average Bonchev–Trinajstić information content (AvgIpc) is 3.37. The third-order valence-corrected chi connectivity index (χ3v) is 8.23. The zero-order chi connectivity index (χ0) is 27.9. The SMILES string of the molecule is C[C@H](NC(=O)c1ccccc1NC(=O)c1ccc([C@H]2SCC(=O)N2CCc2ccccc2)cc1)c1ccccc1. The van der Waals surface area contributed by atoms with E-state index in [0.717, 1.165) is 17.5 Å². The summed E-state index contributed by atoms with van der Waals surface area (Å²) in [5.41, 5.74) is 4.49. The summed E-state index contributed by atoms with van der Waals surface area (Å²) in [4.78, 5) is 40.7. The van der Waals surface area contributed by atoms with Crippen molar-refractivity contribution < 1.29 is 14.4 Å². The second kappa shape index (κ2) is 12.7. The number of amides is 3. The fraction of sp³-hybridized carbons (Fsp3) is 0.182. The lowest BCUT2D eigenvalue weighted by atomic mass is 10.1. The third kappa shape index (κ3) is 6.43. The Morgan fingerprint density at radius 2 is 1.50 bits per heavy atom. The van der Waals surface area contributed by atoms with Gasteiger partial charge < -0.3 is 15.5 Å². The maximum Gasteiger partial charge on any atom is 0.255 e. The van der Waals surface area contributed by atoms with E-state index in [1.54, 1.807) is 48.2 Å². The van der Waals surface area contributed by atoms with Gasteiger partial charge in [-0.3, -0.25) is 14.4 Å². The lowest BCUT2D eigenvalue weighted by Crippen LogP contribution is -2.30. The smallest absolute Gasteiger partial charge is 0.255 e. The van der Waals surface area contributed by atoms with E-state index in [1.165, 1.54) is 5.56 Å². The van der Waals surface area contributed by atoms with Crippen molar-refractivity contribution in [2.45, 2.75) is 24.8 Å². The molecule has 5 rings (SSSR count). The van der Waals surface area contributed by atoms with Crippen LogP contribution in [0.15, 0.2) is 109 Å².